The highest BCUT2D eigenvalue weighted by Gasteiger charge is 2.15. The highest BCUT2D eigenvalue weighted by atomic mass is 16.4. The fourth-order valence-electron chi connectivity index (χ4n) is 1.81. The van der Waals surface area contributed by atoms with Crippen LogP contribution >= 0.6 is 0 Å². The number of aromatic nitrogens is 2. The molecule has 19 heavy (non-hydrogen) atoms. The smallest absolute Gasteiger partial charge is 0.305 e. The molecule has 0 aliphatic heterocycles. The third-order valence-corrected chi connectivity index (χ3v) is 2.76. The van der Waals surface area contributed by atoms with Crippen LogP contribution in [0.15, 0.2) is 49.1 Å². The van der Waals surface area contributed by atoms with E-state index >= 15 is 0 Å². The van der Waals surface area contributed by atoms with Crippen LogP contribution in [-0.4, -0.2) is 21.0 Å². The van der Waals surface area contributed by atoms with Gasteiger partial charge in [0.2, 0.25) is 0 Å². The molecule has 0 saturated carbocycles. The van der Waals surface area contributed by atoms with E-state index in [2.05, 4.69) is 15.3 Å². The average Bonchev–Trinajstić information content (AvgIpc) is 2.45. The third kappa shape index (κ3) is 4.15. The van der Waals surface area contributed by atoms with Crippen molar-refractivity contribution in [1.82, 2.24) is 15.3 Å². The van der Waals surface area contributed by atoms with Gasteiger partial charge in [-0.3, -0.25) is 4.79 Å². The lowest BCUT2D eigenvalue weighted by atomic mass is 10.1. The molecule has 98 valence electrons. The van der Waals surface area contributed by atoms with Crippen LogP contribution in [0.25, 0.3) is 0 Å². The Bertz CT molecular complexity index is 517. The monoisotopic (exact) mass is 257 g/mol. The molecule has 1 aromatic carbocycles. The van der Waals surface area contributed by atoms with Gasteiger partial charge in [-0.25, -0.2) is 9.97 Å². The van der Waals surface area contributed by atoms with E-state index in [1.165, 1.54) is 6.33 Å². The van der Waals surface area contributed by atoms with Gasteiger partial charge >= 0.3 is 5.97 Å². The quantitative estimate of drug-likeness (QED) is 0.825. The number of carboxylic acid groups (broad SMARTS) is 1. The fourth-order valence-corrected chi connectivity index (χ4v) is 1.81. The molecule has 1 aromatic heterocycles. The molecule has 0 aliphatic carbocycles. The van der Waals surface area contributed by atoms with E-state index in [-0.39, 0.29) is 12.5 Å². The number of carboxylic acids is 1. The molecule has 0 saturated heterocycles. The van der Waals surface area contributed by atoms with E-state index in [0.29, 0.717) is 6.54 Å². The van der Waals surface area contributed by atoms with Crippen molar-refractivity contribution >= 4 is 5.97 Å². The zero-order valence-electron chi connectivity index (χ0n) is 10.4. The van der Waals surface area contributed by atoms with Gasteiger partial charge in [-0.15, -0.1) is 0 Å². The molecule has 2 N–H and O–H groups in total. The molecule has 2 aromatic rings. The molecule has 5 nitrogen and oxygen atoms in total. The Hall–Kier alpha value is -2.27. The number of aliphatic carboxylic acids is 1. The topological polar surface area (TPSA) is 75.1 Å². The maximum Gasteiger partial charge on any atom is 0.305 e. The highest BCUT2D eigenvalue weighted by molar-refractivity contribution is 5.67. The summed E-state index contributed by atoms with van der Waals surface area (Å²) < 4.78 is 0. The summed E-state index contributed by atoms with van der Waals surface area (Å²) in [6.45, 7) is 0.605. The molecular formula is C14H15N3O2. The van der Waals surface area contributed by atoms with Crippen LogP contribution in [0, 0.1) is 0 Å². The van der Waals surface area contributed by atoms with Crippen molar-refractivity contribution < 1.29 is 9.90 Å². The minimum absolute atomic E-state index is 0.000205. The van der Waals surface area contributed by atoms with Crippen LogP contribution in [0.4, 0.5) is 0 Å². The van der Waals surface area contributed by atoms with E-state index in [4.69, 9.17) is 5.11 Å². The molecule has 0 spiro atoms. The minimum Gasteiger partial charge on any atom is -0.481 e. The van der Waals surface area contributed by atoms with Crippen molar-refractivity contribution in [2.24, 2.45) is 0 Å². The molecule has 0 aliphatic rings. The Morgan fingerprint density at radius 2 is 1.89 bits per heavy atom. The Morgan fingerprint density at radius 1 is 1.21 bits per heavy atom. The summed E-state index contributed by atoms with van der Waals surface area (Å²) >= 11 is 0. The number of carbonyl (C=O) groups is 1. The first-order valence-corrected chi connectivity index (χ1v) is 5.99. The fraction of sp³-hybridized carbons (Fsp3) is 0.214. The normalized spacial score (nSPS) is 12.0. The summed E-state index contributed by atoms with van der Waals surface area (Å²) in [5, 5.41) is 12.2. The van der Waals surface area contributed by atoms with Gasteiger partial charge in [0.15, 0.2) is 0 Å². The number of rotatable bonds is 6. The van der Waals surface area contributed by atoms with Crippen molar-refractivity contribution in [1.29, 1.82) is 0 Å². The Kier molecular flexibility index (Phi) is 4.58. The van der Waals surface area contributed by atoms with Gasteiger partial charge in [0.1, 0.15) is 6.33 Å². The highest BCUT2D eigenvalue weighted by Crippen LogP contribution is 2.15. The van der Waals surface area contributed by atoms with Crippen LogP contribution in [-0.2, 0) is 11.3 Å². The van der Waals surface area contributed by atoms with Crippen molar-refractivity contribution in [3.8, 4) is 0 Å². The van der Waals surface area contributed by atoms with E-state index in [1.54, 1.807) is 12.4 Å². The van der Waals surface area contributed by atoms with Crippen LogP contribution in [0.5, 0.6) is 0 Å². The lowest BCUT2D eigenvalue weighted by molar-refractivity contribution is -0.137. The standard InChI is InChI=1S/C14H15N3O2/c18-14(19)6-13(12-8-15-10-16-9-12)17-7-11-4-2-1-3-5-11/h1-5,8-10,13,17H,6-7H2,(H,18,19). The average molecular weight is 257 g/mol. The van der Waals surface area contributed by atoms with E-state index in [1.807, 2.05) is 30.3 Å². The first-order valence-electron chi connectivity index (χ1n) is 5.99. The van der Waals surface area contributed by atoms with Gasteiger partial charge in [-0.05, 0) is 5.56 Å². The van der Waals surface area contributed by atoms with Crippen molar-refractivity contribution in [2.75, 3.05) is 0 Å². The number of benzene rings is 1. The zero-order valence-corrected chi connectivity index (χ0v) is 10.4. The zero-order chi connectivity index (χ0) is 13.5. The summed E-state index contributed by atoms with van der Waals surface area (Å²) in [6, 6.07) is 9.55. The summed E-state index contributed by atoms with van der Waals surface area (Å²) in [7, 11) is 0. The number of hydrogen-bond acceptors (Lipinski definition) is 4. The lowest BCUT2D eigenvalue weighted by Crippen LogP contribution is -2.23. The van der Waals surface area contributed by atoms with Crippen molar-refractivity contribution in [3.05, 3.63) is 60.2 Å². The molecule has 0 amide bonds. The van der Waals surface area contributed by atoms with Crippen LogP contribution in [0.2, 0.25) is 0 Å². The molecule has 0 bridgehead atoms. The summed E-state index contributed by atoms with van der Waals surface area (Å²) in [5.41, 5.74) is 1.88. The molecule has 2 rings (SSSR count). The van der Waals surface area contributed by atoms with Crippen LogP contribution in [0.3, 0.4) is 0 Å². The van der Waals surface area contributed by atoms with Gasteiger partial charge < -0.3 is 10.4 Å². The second-order valence-corrected chi connectivity index (χ2v) is 4.19. The lowest BCUT2D eigenvalue weighted by Gasteiger charge is -2.16. The summed E-state index contributed by atoms with van der Waals surface area (Å²) in [6.07, 6.45) is 4.70. The summed E-state index contributed by atoms with van der Waals surface area (Å²) in [4.78, 5) is 18.8. The van der Waals surface area contributed by atoms with Crippen molar-refractivity contribution in [3.63, 3.8) is 0 Å². The van der Waals surface area contributed by atoms with E-state index in [9.17, 15) is 4.79 Å². The van der Waals surface area contributed by atoms with E-state index in [0.717, 1.165) is 11.1 Å². The minimum atomic E-state index is -0.852. The Labute approximate surface area is 111 Å². The number of hydrogen-bond donors (Lipinski definition) is 2. The van der Waals surface area contributed by atoms with Gasteiger partial charge in [0, 0.05) is 30.5 Å². The number of nitrogens with one attached hydrogen (secondary N) is 1. The largest absolute Gasteiger partial charge is 0.481 e. The predicted octanol–water partition coefficient (Wildman–Crippen LogP) is 1.78. The van der Waals surface area contributed by atoms with Crippen LogP contribution < -0.4 is 5.32 Å². The molecule has 0 radical (unpaired) electrons. The molecule has 1 atom stereocenters. The number of nitrogens with zero attached hydrogens (tertiary/aromatic N) is 2. The predicted molar refractivity (Wildman–Crippen MR) is 70.3 cm³/mol. The maximum atomic E-state index is 10.9. The summed E-state index contributed by atoms with van der Waals surface area (Å²) in [5.74, 6) is -0.852. The molecule has 1 heterocycles. The first-order chi connectivity index (χ1) is 9.25. The molecular weight excluding hydrogens is 242 g/mol. The molecule has 5 heteroatoms. The SMILES string of the molecule is O=C(O)CC(NCc1ccccc1)c1cncnc1. The Morgan fingerprint density at radius 3 is 2.53 bits per heavy atom. The van der Waals surface area contributed by atoms with Gasteiger partial charge in [0.25, 0.3) is 0 Å². The second-order valence-electron chi connectivity index (χ2n) is 4.19. The van der Waals surface area contributed by atoms with Crippen LogP contribution in [0.1, 0.15) is 23.6 Å². The third-order valence-electron chi connectivity index (χ3n) is 2.76. The van der Waals surface area contributed by atoms with Gasteiger partial charge in [-0.1, -0.05) is 30.3 Å². The molecule has 0 fully saturated rings. The van der Waals surface area contributed by atoms with E-state index < -0.39 is 5.97 Å². The maximum absolute atomic E-state index is 10.9. The van der Waals surface area contributed by atoms with Gasteiger partial charge in [0.05, 0.1) is 6.42 Å². The Balaban J connectivity index is 2.04. The molecule has 1 unspecified atom stereocenters. The van der Waals surface area contributed by atoms with Crippen molar-refractivity contribution in [2.45, 2.75) is 19.0 Å². The first kappa shape index (κ1) is 13.2. The van der Waals surface area contributed by atoms with Gasteiger partial charge in [-0.2, -0.15) is 0 Å². The second kappa shape index (κ2) is 6.61.